The summed E-state index contributed by atoms with van der Waals surface area (Å²) in [7, 11) is 2.02. The average Bonchev–Trinajstić information content (AvgIpc) is 3.01. The maximum Gasteiger partial charge on any atom is 0.191 e. The summed E-state index contributed by atoms with van der Waals surface area (Å²) in [5, 5.41) is 0.224. The third-order valence-corrected chi connectivity index (χ3v) is 6.15. The maximum absolute atomic E-state index is 11.7. The van der Waals surface area contributed by atoms with E-state index in [0.717, 1.165) is 34.6 Å². The lowest BCUT2D eigenvalue weighted by Crippen LogP contribution is -2.09. The Morgan fingerprint density at radius 1 is 1.18 bits per heavy atom. The molecule has 0 spiro atoms. The van der Waals surface area contributed by atoms with Crippen LogP contribution in [0.1, 0.15) is 18.3 Å². The summed E-state index contributed by atoms with van der Waals surface area (Å²) in [6, 6.07) is 14.3. The van der Waals surface area contributed by atoms with Gasteiger partial charge in [0.1, 0.15) is 18.2 Å². The van der Waals surface area contributed by atoms with Gasteiger partial charge in [-0.15, -0.1) is 24.2 Å². The van der Waals surface area contributed by atoms with E-state index >= 15 is 0 Å². The number of rotatable bonds is 7. The molecule has 2 aromatic carbocycles. The van der Waals surface area contributed by atoms with Crippen LogP contribution in [-0.4, -0.2) is 27.2 Å². The molecule has 0 aliphatic heterocycles. The molecule has 0 aliphatic rings. The van der Waals surface area contributed by atoms with E-state index in [-0.39, 0.29) is 23.4 Å². The Morgan fingerprint density at radius 3 is 2.54 bits per heavy atom. The van der Waals surface area contributed by atoms with E-state index in [1.165, 1.54) is 16.7 Å². The zero-order valence-corrected chi connectivity index (χ0v) is 18.9. The zero-order chi connectivity index (χ0) is 19.4. The smallest absolute Gasteiger partial charge is 0.191 e. The van der Waals surface area contributed by atoms with Crippen LogP contribution in [0.15, 0.2) is 47.4 Å². The fraction of sp³-hybridized carbons (Fsp3) is 0.333. The van der Waals surface area contributed by atoms with Crippen molar-refractivity contribution in [1.82, 2.24) is 9.55 Å². The summed E-state index contributed by atoms with van der Waals surface area (Å²) in [5.41, 5.74) is 3.24. The van der Waals surface area contributed by atoms with E-state index in [1.807, 2.05) is 44.5 Å². The van der Waals surface area contributed by atoms with Crippen LogP contribution in [-0.2, 0) is 24.9 Å². The number of imidazole rings is 1. The van der Waals surface area contributed by atoms with Gasteiger partial charge < -0.3 is 9.30 Å². The Hall–Kier alpha value is -1.63. The van der Waals surface area contributed by atoms with Gasteiger partial charge in [-0.3, -0.25) is 4.79 Å². The predicted octanol–water partition coefficient (Wildman–Crippen LogP) is 5.36. The minimum atomic E-state index is 0. The monoisotopic (exact) mass is 436 g/mol. The lowest BCUT2D eigenvalue weighted by molar-refractivity contribution is -0.113. The zero-order valence-electron chi connectivity index (χ0n) is 16.5. The van der Waals surface area contributed by atoms with Crippen molar-refractivity contribution in [2.24, 2.45) is 13.0 Å². The van der Waals surface area contributed by atoms with Crippen molar-refractivity contribution < 1.29 is 9.53 Å². The molecule has 28 heavy (non-hydrogen) atoms. The second kappa shape index (κ2) is 10.2. The number of nitrogens with zero attached hydrogens (tertiary/aromatic N) is 2. The fourth-order valence-corrected chi connectivity index (χ4v) is 3.90. The van der Waals surface area contributed by atoms with Gasteiger partial charge in [0.05, 0.1) is 11.0 Å². The molecule has 0 radical (unpaired) electrons. The first-order valence-electron chi connectivity index (χ1n) is 8.80. The van der Waals surface area contributed by atoms with Gasteiger partial charge in [0.2, 0.25) is 0 Å². The van der Waals surface area contributed by atoms with E-state index in [2.05, 4.69) is 34.0 Å². The molecule has 1 aromatic heterocycles. The third-order valence-electron chi connectivity index (χ3n) is 4.62. The number of ether oxygens (including phenoxy) is 1. The van der Waals surface area contributed by atoms with Gasteiger partial charge in [-0.25, -0.2) is 4.98 Å². The summed E-state index contributed by atoms with van der Waals surface area (Å²) in [6.07, 6.45) is 4.66. The van der Waals surface area contributed by atoms with Crippen LogP contribution in [0, 0.1) is 5.92 Å². The highest BCUT2D eigenvalue weighted by atomic mass is 35.5. The standard InChI is InChI=1S/C21H24N2O2S2.ClH/c1-14(21(24)27-4)11-15-5-7-16(8-6-15)25-13-20-22-18-10-9-17(26-3)12-19(18)23(20)2;/h5-10,12,14H,11,13H2,1-4H3;1H. The van der Waals surface area contributed by atoms with E-state index in [1.54, 1.807) is 11.8 Å². The maximum atomic E-state index is 11.7. The molecule has 0 fully saturated rings. The number of aromatic nitrogens is 2. The molecule has 1 heterocycles. The second-order valence-electron chi connectivity index (χ2n) is 6.50. The van der Waals surface area contributed by atoms with Crippen LogP contribution in [0.4, 0.5) is 0 Å². The molecule has 0 saturated heterocycles. The Morgan fingerprint density at radius 2 is 1.89 bits per heavy atom. The number of fused-ring (bicyclic) bond motifs is 1. The Balaban J connectivity index is 0.00000280. The van der Waals surface area contributed by atoms with E-state index < -0.39 is 0 Å². The predicted molar refractivity (Wildman–Crippen MR) is 122 cm³/mol. The van der Waals surface area contributed by atoms with E-state index in [4.69, 9.17) is 4.74 Å². The lowest BCUT2D eigenvalue weighted by Gasteiger charge is -2.10. The quantitative estimate of drug-likeness (QED) is 0.466. The molecule has 0 saturated carbocycles. The van der Waals surface area contributed by atoms with Gasteiger partial charge in [0, 0.05) is 17.9 Å². The first-order valence-corrected chi connectivity index (χ1v) is 11.3. The largest absolute Gasteiger partial charge is 0.486 e. The number of halogens is 1. The summed E-state index contributed by atoms with van der Waals surface area (Å²) in [6.45, 7) is 2.39. The number of thioether (sulfide) groups is 2. The van der Waals surface area contributed by atoms with Crippen molar-refractivity contribution in [3.63, 3.8) is 0 Å². The highest BCUT2D eigenvalue weighted by Gasteiger charge is 2.13. The molecule has 0 bridgehead atoms. The molecule has 0 N–H and O–H groups in total. The van der Waals surface area contributed by atoms with Crippen molar-refractivity contribution in [2.75, 3.05) is 12.5 Å². The molecule has 7 heteroatoms. The van der Waals surface area contributed by atoms with Crippen LogP contribution >= 0.6 is 35.9 Å². The highest BCUT2D eigenvalue weighted by Crippen LogP contribution is 2.23. The summed E-state index contributed by atoms with van der Waals surface area (Å²) >= 11 is 3.02. The summed E-state index contributed by atoms with van der Waals surface area (Å²) in [5.74, 6) is 1.73. The molecular formula is C21H25ClN2O2S2. The Bertz CT molecular complexity index is 941. The minimum absolute atomic E-state index is 0. The molecular weight excluding hydrogens is 412 g/mol. The summed E-state index contributed by atoms with van der Waals surface area (Å²) < 4.78 is 8.01. The number of hydrogen-bond donors (Lipinski definition) is 0. The van der Waals surface area contributed by atoms with Gasteiger partial charge in [0.25, 0.3) is 0 Å². The number of carbonyl (C=O) groups excluding carboxylic acids is 1. The van der Waals surface area contributed by atoms with Crippen molar-refractivity contribution >= 4 is 52.1 Å². The number of carbonyl (C=O) groups is 1. The van der Waals surface area contributed by atoms with Gasteiger partial charge in [-0.1, -0.05) is 30.8 Å². The van der Waals surface area contributed by atoms with Crippen LogP contribution in [0.2, 0.25) is 0 Å². The van der Waals surface area contributed by atoms with Crippen molar-refractivity contribution in [2.45, 2.75) is 24.8 Å². The molecule has 3 aromatic rings. The topological polar surface area (TPSA) is 44.1 Å². The van der Waals surface area contributed by atoms with E-state index in [9.17, 15) is 4.79 Å². The highest BCUT2D eigenvalue weighted by molar-refractivity contribution is 8.13. The molecule has 0 amide bonds. The lowest BCUT2D eigenvalue weighted by atomic mass is 10.0. The first-order chi connectivity index (χ1) is 13.0. The molecule has 1 unspecified atom stereocenters. The molecule has 0 aliphatic carbocycles. The Labute approximate surface area is 180 Å². The second-order valence-corrected chi connectivity index (χ2v) is 8.19. The van der Waals surface area contributed by atoms with E-state index in [0.29, 0.717) is 6.61 Å². The van der Waals surface area contributed by atoms with Crippen LogP contribution in [0.5, 0.6) is 5.75 Å². The fourth-order valence-electron chi connectivity index (χ4n) is 2.98. The van der Waals surface area contributed by atoms with Gasteiger partial charge >= 0.3 is 0 Å². The molecule has 150 valence electrons. The third kappa shape index (κ3) is 5.25. The number of hydrogen-bond acceptors (Lipinski definition) is 5. The number of benzene rings is 2. The van der Waals surface area contributed by atoms with Crippen molar-refractivity contribution in [3.05, 3.63) is 53.9 Å². The van der Waals surface area contributed by atoms with Gasteiger partial charge in [0.15, 0.2) is 5.12 Å². The first kappa shape index (κ1) is 22.7. The normalized spacial score (nSPS) is 11.9. The van der Waals surface area contributed by atoms with Crippen molar-refractivity contribution in [1.29, 1.82) is 0 Å². The average molecular weight is 437 g/mol. The van der Waals surface area contributed by atoms with Crippen LogP contribution in [0.25, 0.3) is 11.0 Å². The molecule has 1 atom stereocenters. The van der Waals surface area contributed by atoms with Gasteiger partial charge in [-0.2, -0.15) is 0 Å². The number of aryl methyl sites for hydroxylation is 1. The van der Waals surface area contributed by atoms with Crippen LogP contribution in [0.3, 0.4) is 0 Å². The van der Waals surface area contributed by atoms with Crippen LogP contribution < -0.4 is 4.74 Å². The SMILES string of the molecule is CSC(=O)C(C)Cc1ccc(OCc2nc3ccc(SC)cc3n2C)cc1.Cl. The molecule has 4 nitrogen and oxygen atoms in total. The van der Waals surface area contributed by atoms with Crippen molar-refractivity contribution in [3.8, 4) is 5.75 Å². The minimum Gasteiger partial charge on any atom is -0.486 e. The summed E-state index contributed by atoms with van der Waals surface area (Å²) in [4.78, 5) is 17.6. The van der Waals surface area contributed by atoms with Gasteiger partial charge in [-0.05, 0) is 54.8 Å². The Kier molecular flexibility index (Phi) is 8.28. The molecule has 3 rings (SSSR count).